The van der Waals surface area contributed by atoms with Crippen LogP contribution in [0.2, 0.25) is 0 Å². The highest BCUT2D eigenvalue weighted by Crippen LogP contribution is 2.41. The quantitative estimate of drug-likeness (QED) is 0.825. The Kier molecular flexibility index (Phi) is 3.31. The molecule has 1 aromatic rings. The van der Waals surface area contributed by atoms with Crippen LogP contribution in [0.5, 0.6) is 0 Å². The smallest absolute Gasteiger partial charge is 0.0721 e. The van der Waals surface area contributed by atoms with Gasteiger partial charge in [0.25, 0.3) is 0 Å². The molecule has 2 heteroatoms. The highest BCUT2D eigenvalue weighted by Gasteiger charge is 2.42. The summed E-state index contributed by atoms with van der Waals surface area (Å²) in [5.41, 5.74) is 2.65. The average molecular weight is 220 g/mol. The molecule has 0 radical (unpaired) electrons. The fraction of sp³-hybridized carbons (Fsp3) is 0.571. The molecule has 1 aliphatic carbocycles. The molecule has 0 amide bonds. The fourth-order valence-electron chi connectivity index (χ4n) is 2.10. The largest absolute Gasteiger partial charge is 0.393 e. The zero-order valence-electron chi connectivity index (χ0n) is 10.1. The number of hydrogen-bond acceptors (Lipinski definition) is 2. The van der Waals surface area contributed by atoms with Crippen LogP contribution in [0.25, 0.3) is 0 Å². The SMILES string of the molecule is COC1(Cc2ccc(CC(C)O)cc2)CC1. The van der Waals surface area contributed by atoms with E-state index in [1.54, 1.807) is 7.11 Å². The van der Waals surface area contributed by atoms with Gasteiger partial charge in [-0.25, -0.2) is 0 Å². The van der Waals surface area contributed by atoms with Gasteiger partial charge in [0.15, 0.2) is 0 Å². The molecule has 0 saturated heterocycles. The molecule has 0 aliphatic heterocycles. The normalized spacial score (nSPS) is 19.4. The van der Waals surface area contributed by atoms with Crippen molar-refractivity contribution in [1.82, 2.24) is 0 Å². The Bertz CT molecular complexity index is 336. The van der Waals surface area contributed by atoms with Gasteiger partial charge in [-0.3, -0.25) is 0 Å². The van der Waals surface area contributed by atoms with Gasteiger partial charge in [0.05, 0.1) is 11.7 Å². The number of hydrogen-bond donors (Lipinski definition) is 1. The van der Waals surface area contributed by atoms with E-state index in [9.17, 15) is 5.11 Å². The summed E-state index contributed by atoms with van der Waals surface area (Å²) in [5, 5.41) is 9.29. The first-order valence-corrected chi connectivity index (χ1v) is 5.95. The van der Waals surface area contributed by atoms with Crippen molar-refractivity contribution in [3.63, 3.8) is 0 Å². The Morgan fingerprint density at radius 3 is 2.25 bits per heavy atom. The number of ether oxygens (including phenoxy) is 1. The van der Waals surface area contributed by atoms with E-state index in [2.05, 4.69) is 24.3 Å². The molecule has 0 bridgehead atoms. The van der Waals surface area contributed by atoms with E-state index in [1.165, 1.54) is 24.0 Å². The van der Waals surface area contributed by atoms with Crippen molar-refractivity contribution in [2.75, 3.05) is 7.11 Å². The topological polar surface area (TPSA) is 29.5 Å². The molecule has 1 atom stereocenters. The van der Waals surface area contributed by atoms with Crippen molar-refractivity contribution in [3.8, 4) is 0 Å². The highest BCUT2D eigenvalue weighted by atomic mass is 16.5. The Labute approximate surface area is 97.3 Å². The molecule has 16 heavy (non-hydrogen) atoms. The molecular formula is C14H20O2. The maximum atomic E-state index is 9.29. The Hall–Kier alpha value is -0.860. The van der Waals surface area contributed by atoms with E-state index in [0.29, 0.717) is 0 Å². The van der Waals surface area contributed by atoms with Crippen LogP contribution in [0.3, 0.4) is 0 Å². The van der Waals surface area contributed by atoms with Crippen LogP contribution in [0.4, 0.5) is 0 Å². The van der Waals surface area contributed by atoms with Crippen molar-refractivity contribution in [2.45, 2.75) is 44.3 Å². The van der Waals surface area contributed by atoms with Crippen molar-refractivity contribution in [2.24, 2.45) is 0 Å². The van der Waals surface area contributed by atoms with E-state index in [-0.39, 0.29) is 11.7 Å². The third-order valence-electron chi connectivity index (χ3n) is 3.32. The number of rotatable bonds is 5. The summed E-state index contributed by atoms with van der Waals surface area (Å²) >= 11 is 0. The fourth-order valence-corrected chi connectivity index (χ4v) is 2.10. The maximum absolute atomic E-state index is 9.29. The zero-order valence-corrected chi connectivity index (χ0v) is 10.1. The summed E-state index contributed by atoms with van der Waals surface area (Å²) < 4.78 is 5.51. The number of methoxy groups -OCH3 is 1. The average Bonchev–Trinajstić information content (AvgIpc) is 3.01. The van der Waals surface area contributed by atoms with E-state index in [1.807, 2.05) is 6.92 Å². The number of aliphatic hydroxyl groups excluding tert-OH is 1. The van der Waals surface area contributed by atoms with Gasteiger partial charge in [0.1, 0.15) is 0 Å². The second kappa shape index (κ2) is 4.56. The van der Waals surface area contributed by atoms with Crippen LogP contribution < -0.4 is 0 Å². The highest BCUT2D eigenvalue weighted by molar-refractivity contribution is 5.25. The second-order valence-corrected chi connectivity index (χ2v) is 4.93. The lowest BCUT2D eigenvalue weighted by Gasteiger charge is -2.13. The van der Waals surface area contributed by atoms with Crippen LogP contribution in [0, 0.1) is 0 Å². The lowest BCUT2D eigenvalue weighted by atomic mass is 10.0. The van der Waals surface area contributed by atoms with Gasteiger partial charge in [-0.05, 0) is 37.3 Å². The molecule has 0 spiro atoms. The number of benzene rings is 1. The van der Waals surface area contributed by atoms with Gasteiger partial charge < -0.3 is 9.84 Å². The first kappa shape index (κ1) is 11.6. The van der Waals surface area contributed by atoms with Crippen molar-refractivity contribution >= 4 is 0 Å². The minimum absolute atomic E-state index is 0.131. The predicted octanol–water partition coefficient (Wildman–Crippen LogP) is 2.33. The molecule has 1 fully saturated rings. The first-order valence-electron chi connectivity index (χ1n) is 5.95. The Morgan fingerprint density at radius 1 is 1.25 bits per heavy atom. The molecule has 1 saturated carbocycles. The Morgan fingerprint density at radius 2 is 1.81 bits per heavy atom. The standard InChI is InChI=1S/C14H20O2/c1-11(15)9-12-3-5-13(6-4-12)10-14(16-2)7-8-14/h3-6,11,15H,7-10H2,1-2H3. The lowest BCUT2D eigenvalue weighted by molar-refractivity contribution is 0.0807. The van der Waals surface area contributed by atoms with Gasteiger partial charge in [0, 0.05) is 13.5 Å². The van der Waals surface area contributed by atoms with E-state index in [0.717, 1.165) is 12.8 Å². The van der Waals surface area contributed by atoms with E-state index < -0.39 is 0 Å². The molecule has 2 nitrogen and oxygen atoms in total. The van der Waals surface area contributed by atoms with Crippen LogP contribution in [-0.2, 0) is 17.6 Å². The van der Waals surface area contributed by atoms with Crippen LogP contribution in [0.1, 0.15) is 30.9 Å². The van der Waals surface area contributed by atoms with E-state index in [4.69, 9.17) is 4.74 Å². The van der Waals surface area contributed by atoms with Crippen molar-refractivity contribution < 1.29 is 9.84 Å². The summed E-state index contributed by atoms with van der Waals surface area (Å²) in [6, 6.07) is 8.51. The first-order chi connectivity index (χ1) is 7.63. The Balaban J connectivity index is 1.97. The summed E-state index contributed by atoms with van der Waals surface area (Å²) in [4.78, 5) is 0. The molecule has 1 N–H and O–H groups in total. The van der Waals surface area contributed by atoms with Crippen LogP contribution in [0.15, 0.2) is 24.3 Å². The van der Waals surface area contributed by atoms with Gasteiger partial charge in [0.2, 0.25) is 0 Å². The number of aliphatic hydroxyl groups is 1. The molecule has 1 aliphatic rings. The lowest BCUT2D eigenvalue weighted by Crippen LogP contribution is -2.14. The molecule has 1 unspecified atom stereocenters. The monoisotopic (exact) mass is 220 g/mol. The van der Waals surface area contributed by atoms with Gasteiger partial charge in [-0.1, -0.05) is 24.3 Å². The predicted molar refractivity (Wildman–Crippen MR) is 64.5 cm³/mol. The molecule has 2 rings (SSSR count). The second-order valence-electron chi connectivity index (χ2n) is 4.93. The summed E-state index contributed by atoms with van der Waals surface area (Å²) in [6.07, 6.45) is 3.84. The summed E-state index contributed by atoms with van der Waals surface area (Å²) in [6.45, 7) is 1.82. The molecule has 88 valence electrons. The minimum Gasteiger partial charge on any atom is -0.393 e. The molecule has 1 aromatic carbocycles. The maximum Gasteiger partial charge on any atom is 0.0721 e. The minimum atomic E-state index is -0.264. The third kappa shape index (κ3) is 2.83. The van der Waals surface area contributed by atoms with Gasteiger partial charge in [-0.15, -0.1) is 0 Å². The molecule has 0 heterocycles. The summed E-state index contributed by atoms with van der Waals surface area (Å²) in [5.74, 6) is 0. The molecule has 0 aromatic heterocycles. The van der Waals surface area contributed by atoms with E-state index >= 15 is 0 Å². The zero-order chi connectivity index (χ0) is 11.6. The molecular weight excluding hydrogens is 200 g/mol. The van der Waals surface area contributed by atoms with Crippen LogP contribution >= 0.6 is 0 Å². The summed E-state index contributed by atoms with van der Waals surface area (Å²) in [7, 11) is 1.80. The van der Waals surface area contributed by atoms with Crippen molar-refractivity contribution in [3.05, 3.63) is 35.4 Å². The third-order valence-corrected chi connectivity index (χ3v) is 3.32. The van der Waals surface area contributed by atoms with Gasteiger partial charge >= 0.3 is 0 Å². The van der Waals surface area contributed by atoms with Gasteiger partial charge in [-0.2, -0.15) is 0 Å². The van der Waals surface area contributed by atoms with Crippen molar-refractivity contribution in [1.29, 1.82) is 0 Å². The van der Waals surface area contributed by atoms with Crippen LogP contribution in [-0.4, -0.2) is 23.9 Å².